The highest BCUT2D eigenvalue weighted by Crippen LogP contribution is 2.45. The van der Waals surface area contributed by atoms with Gasteiger partial charge in [0.2, 0.25) is 0 Å². The van der Waals surface area contributed by atoms with Crippen LogP contribution in [0, 0.1) is 13.8 Å². The van der Waals surface area contributed by atoms with Crippen LogP contribution in [-0.2, 0) is 13.0 Å². The summed E-state index contributed by atoms with van der Waals surface area (Å²) in [4.78, 5) is 21.9. The van der Waals surface area contributed by atoms with Crippen molar-refractivity contribution >= 4 is 56.2 Å². The van der Waals surface area contributed by atoms with Crippen molar-refractivity contribution in [2.75, 3.05) is 18.4 Å². The summed E-state index contributed by atoms with van der Waals surface area (Å²) in [6.45, 7) is 9.28. The van der Waals surface area contributed by atoms with Crippen LogP contribution in [0.4, 0.5) is 5.00 Å². The summed E-state index contributed by atoms with van der Waals surface area (Å²) in [5, 5.41) is 5.16. The predicted molar refractivity (Wildman–Crippen MR) is 139 cm³/mol. The van der Waals surface area contributed by atoms with Crippen molar-refractivity contribution in [3.05, 3.63) is 69.6 Å². The van der Waals surface area contributed by atoms with E-state index in [9.17, 15) is 4.79 Å². The molecule has 0 fully saturated rings. The van der Waals surface area contributed by atoms with Gasteiger partial charge >= 0.3 is 0 Å². The SMILES string of the molecule is CCN1CCc2c(sc(NC(=O)c3cc(C)cc(C)c3)c2-c2nc3ccccc3s2)C1.Cl. The molecule has 1 N–H and O–H groups in total. The van der Waals surface area contributed by atoms with Gasteiger partial charge in [0.1, 0.15) is 10.0 Å². The number of likely N-dealkylation sites (N-methyl/N-ethyl adjacent to an activating group) is 1. The van der Waals surface area contributed by atoms with Crippen LogP contribution in [0.25, 0.3) is 20.8 Å². The number of hydrogen-bond acceptors (Lipinski definition) is 5. The number of halogens is 1. The summed E-state index contributed by atoms with van der Waals surface area (Å²) in [7, 11) is 0. The van der Waals surface area contributed by atoms with Crippen molar-refractivity contribution in [2.45, 2.75) is 33.7 Å². The minimum absolute atomic E-state index is 0. The zero-order valence-electron chi connectivity index (χ0n) is 18.4. The summed E-state index contributed by atoms with van der Waals surface area (Å²) in [6, 6.07) is 14.2. The standard InChI is InChI=1S/C25H25N3OS2.ClH/c1-4-28-10-9-18-21(14-28)31-25(27-23(29)17-12-15(2)11-16(3)13-17)22(18)24-26-19-7-5-6-8-20(19)30-24;/h5-8,11-13H,4,9-10,14H2,1-3H3,(H,27,29);1H. The second-order valence-electron chi connectivity index (χ2n) is 8.14. The fourth-order valence-electron chi connectivity index (χ4n) is 4.30. The molecule has 0 spiro atoms. The Kier molecular flexibility index (Phi) is 6.67. The molecule has 4 aromatic rings. The zero-order chi connectivity index (χ0) is 21.5. The number of fused-ring (bicyclic) bond motifs is 2. The van der Waals surface area contributed by atoms with Gasteiger partial charge in [-0.3, -0.25) is 9.69 Å². The highest BCUT2D eigenvalue weighted by Gasteiger charge is 2.27. The van der Waals surface area contributed by atoms with Crippen LogP contribution >= 0.6 is 35.1 Å². The van der Waals surface area contributed by atoms with Gasteiger partial charge < -0.3 is 5.32 Å². The Balaban J connectivity index is 0.00000245. The molecule has 5 rings (SSSR count). The number of carbonyl (C=O) groups excluding carboxylic acids is 1. The highest BCUT2D eigenvalue weighted by atomic mass is 35.5. The third-order valence-electron chi connectivity index (χ3n) is 5.80. The van der Waals surface area contributed by atoms with Crippen LogP contribution in [0.1, 0.15) is 38.8 Å². The van der Waals surface area contributed by atoms with E-state index in [0.29, 0.717) is 5.56 Å². The molecule has 4 nitrogen and oxygen atoms in total. The molecule has 1 aliphatic heterocycles. The van der Waals surface area contributed by atoms with Gasteiger partial charge in [0.25, 0.3) is 5.91 Å². The highest BCUT2D eigenvalue weighted by molar-refractivity contribution is 7.23. The molecule has 2 aromatic carbocycles. The molecule has 32 heavy (non-hydrogen) atoms. The van der Waals surface area contributed by atoms with Gasteiger partial charge in [0.15, 0.2) is 0 Å². The summed E-state index contributed by atoms with van der Waals surface area (Å²) >= 11 is 3.42. The molecule has 1 aliphatic rings. The number of aromatic nitrogens is 1. The molecular formula is C25H26ClN3OS2. The first kappa shape index (κ1) is 22.9. The maximum Gasteiger partial charge on any atom is 0.256 e. The van der Waals surface area contributed by atoms with Gasteiger partial charge in [-0.05, 0) is 56.6 Å². The number of rotatable bonds is 4. The van der Waals surface area contributed by atoms with E-state index in [1.54, 1.807) is 22.7 Å². The number of anilines is 1. The monoisotopic (exact) mass is 483 g/mol. The van der Waals surface area contributed by atoms with E-state index in [-0.39, 0.29) is 18.3 Å². The normalized spacial score (nSPS) is 13.6. The topological polar surface area (TPSA) is 45.2 Å². The number of nitrogens with one attached hydrogen (secondary N) is 1. The number of aryl methyl sites for hydroxylation is 2. The molecule has 166 valence electrons. The van der Waals surface area contributed by atoms with Crippen LogP contribution in [-0.4, -0.2) is 28.9 Å². The zero-order valence-corrected chi connectivity index (χ0v) is 20.8. The predicted octanol–water partition coefficient (Wildman–Crippen LogP) is 6.69. The summed E-state index contributed by atoms with van der Waals surface area (Å²) in [6.07, 6.45) is 0.990. The largest absolute Gasteiger partial charge is 0.313 e. The third kappa shape index (κ3) is 4.33. The number of thiophene rings is 1. The second kappa shape index (κ2) is 9.32. The van der Waals surface area contributed by atoms with Crippen LogP contribution < -0.4 is 5.32 Å². The van der Waals surface area contributed by atoms with E-state index in [1.807, 2.05) is 32.0 Å². The lowest BCUT2D eigenvalue weighted by molar-refractivity contribution is 0.102. The first-order valence-corrected chi connectivity index (χ1v) is 12.3. The van der Waals surface area contributed by atoms with Gasteiger partial charge in [-0.1, -0.05) is 36.2 Å². The van der Waals surface area contributed by atoms with Crippen molar-refractivity contribution in [2.24, 2.45) is 0 Å². The van der Waals surface area contributed by atoms with E-state index in [0.717, 1.165) is 58.3 Å². The van der Waals surface area contributed by atoms with Crippen molar-refractivity contribution in [1.82, 2.24) is 9.88 Å². The molecule has 0 atom stereocenters. The average Bonchev–Trinajstić information content (AvgIpc) is 3.32. The minimum Gasteiger partial charge on any atom is -0.313 e. The van der Waals surface area contributed by atoms with E-state index >= 15 is 0 Å². The second-order valence-corrected chi connectivity index (χ2v) is 10.3. The van der Waals surface area contributed by atoms with Crippen molar-refractivity contribution < 1.29 is 4.79 Å². The Morgan fingerprint density at radius 3 is 2.59 bits per heavy atom. The summed E-state index contributed by atoms with van der Waals surface area (Å²) in [5.74, 6) is -0.0555. The smallest absolute Gasteiger partial charge is 0.256 e. The maximum atomic E-state index is 13.2. The number of hydrogen-bond donors (Lipinski definition) is 1. The first-order chi connectivity index (χ1) is 15.0. The molecule has 0 unspecified atom stereocenters. The Bertz CT molecular complexity index is 1240. The molecule has 0 saturated heterocycles. The Morgan fingerprint density at radius 1 is 1.12 bits per heavy atom. The molecule has 1 amide bonds. The molecule has 0 saturated carbocycles. The molecule has 0 radical (unpaired) electrons. The number of benzene rings is 2. The average molecular weight is 484 g/mol. The lowest BCUT2D eigenvalue weighted by atomic mass is 10.0. The van der Waals surface area contributed by atoms with Crippen LogP contribution in [0.15, 0.2) is 42.5 Å². The quantitative estimate of drug-likeness (QED) is 0.351. The number of para-hydroxylation sites is 1. The van der Waals surface area contributed by atoms with E-state index in [4.69, 9.17) is 4.98 Å². The van der Waals surface area contributed by atoms with Crippen molar-refractivity contribution in [3.63, 3.8) is 0 Å². The lowest BCUT2D eigenvalue weighted by Crippen LogP contribution is -2.29. The Labute approximate surface area is 202 Å². The fraction of sp³-hybridized carbons (Fsp3) is 0.280. The Hall–Kier alpha value is -2.25. The van der Waals surface area contributed by atoms with Gasteiger partial charge in [-0.2, -0.15) is 0 Å². The summed E-state index contributed by atoms with van der Waals surface area (Å²) in [5.41, 5.74) is 6.38. The lowest BCUT2D eigenvalue weighted by Gasteiger charge is -2.25. The molecule has 7 heteroatoms. The van der Waals surface area contributed by atoms with E-state index < -0.39 is 0 Å². The summed E-state index contributed by atoms with van der Waals surface area (Å²) < 4.78 is 1.18. The molecular weight excluding hydrogens is 458 g/mol. The van der Waals surface area contributed by atoms with E-state index in [1.165, 1.54) is 15.1 Å². The maximum absolute atomic E-state index is 13.2. The minimum atomic E-state index is -0.0555. The van der Waals surface area contributed by atoms with Crippen molar-refractivity contribution in [1.29, 1.82) is 0 Å². The van der Waals surface area contributed by atoms with Gasteiger partial charge in [-0.25, -0.2) is 4.98 Å². The van der Waals surface area contributed by atoms with Gasteiger partial charge in [0.05, 0.1) is 10.2 Å². The molecule has 2 aromatic heterocycles. The number of thiazole rings is 1. The first-order valence-electron chi connectivity index (χ1n) is 10.6. The van der Waals surface area contributed by atoms with Gasteiger partial charge in [0, 0.05) is 29.1 Å². The van der Waals surface area contributed by atoms with E-state index in [2.05, 4.69) is 41.4 Å². The number of amides is 1. The number of nitrogens with zero attached hydrogens (tertiary/aromatic N) is 2. The number of carbonyl (C=O) groups is 1. The third-order valence-corrected chi connectivity index (χ3v) is 7.99. The van der Waals surface area contributed by atoms with Gasteiger partial charge in [-0.15, -0.1) is 35.1 Å². The Morgan fingerprint density at radius 2 is 1.88 bits per heavy atom. The van der Waals surface area contributed by atoms with Crippen molar-refractivity contribution in [3.8, 4) is 10.6 Å². The molecule has 3 heterocycles. The molecule has 0 bridgehead atoms. The van der Waals surface area contributed by atoms with Crippen LogP contribution in [0.3, 0.4) is 0 Å². The molecule has 0 aliphatic carbocycles. The fourth-order valence-corrected chi connectivity index (χ4v) is 6.70. The van der Waals surface area contributed by atoms with Crippen LogP contribution in [0.5, 0.6) is 0 Å². The van der Waals surface area contributed by atoms with Crippen LogP contribution in [0.2, 0.25) is 0 Å².